The maximum atomic E-state index is 12.8. The normalized spacial score (nSPS) is 12.5. The number of ether oxygens (including phenoxy) is 3. The molecule has 182 valence electrons. The second-order valence-corrected chi connectivity index (χ2v) is 8.01. The van der Waals surface area contributed by atoms with Crippen LogP contribution < -0.4 is 4.74 Å². The van der Waals surface area contributed by atoms with Crippen LogP contribution in [0.5, 0.6) is 5.75 Å². The lowest BCUT2D eigenvalue weighted by molar-refractivity contribution is -0.157. The third kappa shape index (κ3) is 6.76. The number of esters is 2. The molecule has 0 saturated carbocycles. The highest BCUT2D eigenvalue weighted by Gasteiger charge is 2.45. The Morgan fingerprint density at radius 3 is 1.76 bits per heavy atom. The lowest BCUT2D eigenvalue weighted by atomic mass is 9.73. The number of ketones is 2. The molecule has 0 fully saturated rings. The smallest absolute Gasteiger partial charge is 0.317 e. The molecule has 7 nitrogen and oxygen atoms in total. The third-order valence-corrected chi connectivity index (χ3v) is 5.50. The Bertz CT molecular complexity index is 977. The van der Waals surface area contributed by atoms with Crippen LogP contribution in [0, 0.1) is 18.8 Å². The Hall–Kier alpha value is -3.48. The van der Waals surface area contributed by atoms with Gasteiger partial charge in [0.05, 0.1) is 13.2 Å². The summed E-state index contributed by atoms with van der Waals surface area (Å²) in [6, 6.07) is 14.8. The summed E-state index contributed by atoms with van der Waals surface area (Å²) in [5, 5.41) is 0. The van der Waals surface area contributed by atoms with Crippen LogP contribution in [-0.4, -0.2) is 36.7 Å². The first-order chi connectivity index (χ1) is 16.2. The zero-order chi connectivity index (χ0) is 25.3. The van der Waals surface area contributed by atoms with Gasteiger partial charge in [-0.3, -0.25) is 19.2 Å². The van der Waals surface area contributed by atoms with Crippen molar-refractivity contribution >= 4 is 23.5 Å². The van der Waals surface area contributed by atoms with Crippen LogP contribution in [0.3, 0.4) is 0 Å². The molecular weight excluding hydrogens is 436 g/mol. The number of benzene rings is 2. The van der Waals surface area contributed by atoms with Gasteiger partial charge in [0.15, 0.2) is 0 Å². The highest BCUT2D eigenvalue weighted by atomic mass is 16.5. The maximum absolute atomic E-state index is 12.8. The minimum atomic E-state index is -1.34. The van der Waals surface area contributed by atoms with E-state index < -0.39 is 41.3 Å². The zero-order valence-corrected chi connectivity index (χ0v) is 20.3. The Balaban J connectivity index is 2.51. The molecule has 2 rings (SSSR count). The molecule has 0 N–H and O–H groups in total. The molecule has 0 spiro atoms. The van der Waals surface area contributed by atoms with Crippen LogP contribution in [0.15, 0.2) is 48.5 Å². The number of rotatable bonds is 12. The molecule has 0 bridgehead atoms. The molecule has 34 heavy (non-hydrogen) atoms. The van der Waals surface area contributed by atoms with E-state index in [0.29, 0.717) is 17.9 Å². The molecule has 7 heteroatoms. The lowest BCUT2D eigenvalue weighted by Gasteiger charge is -2.29. The van der Waals surface area contributed by atoms with Crippen molar-refractivity contribution in [1.29, 1.82) is 0 Å². The molecular formula is C27H32O7. The zero-order valence-electron chi connectivity index (χ0n) is 20.3. The number of aryl methyl sites for hydroxylation is 1. The summed E-state index contributed by atoms with van der Waals surface area (Å²) in [4.78, 5) is 50.8. The second-order valence-electron chi connectivity index (χ2n) is 8.01. The van der Waals surface area contributed by atoms with Gasteiger partial charge in [0.2, 0.25) is 0 Å². The molecule has 2 atom stereocenters. The van der Waals surface area contributed by atoms with Crippen molar-refractivity contribution in [3.05, 3.63) is 65.2 Å². The third-order valence-electron chi connectivity index (χ3n) is 5.50. The highest BCUT2D eigenvalue weighted by molar-refractivity contribution is 6.04. The molecule has 0 aliphatic rings. The number of Topliss-reactive ketones (excluding diaryl/α,β-unsaturated/α-hetero) is 2. The van der Waals surface area contributed by atoms with E-state index in [1.807, 2.05) is 37.3 Å². The van der Waals surface area contributed by atoms with Crippen LogP contribution in [0.25, 0.3) is 0 Å². The van der Waals surface area contributed by atoms with Crippen molar-refractivity contribution in [3.63, 3.8) is 0 Å². The van der Waals surface area contributed by atoms with Crippen molar-refractivity contribution in [1.82, 2.24) is 0 Å². The maximum Gasteiger partial charge on any atom is 0.317 e. The van der Waals surface area contributed by atoms with E-state index in [0.717, 1.165) is 11.1 Å². The molecule has 0 heterocycles. The summed E-state index contributed by atoms with van der Waals surface area (Å²) in [6.45, 7) is 8.06. The number of hydrogen-bond acceptors (Lipinski definition) is 7. The molecule has 0 aliphatic carbocycles. The van der Waals surface area contributed by atoms with Gasteiger partial charge in [-0.25, -0.2) is 0 Å². The van der Waals surface area contributed by atoms with Crippen LogP contribution in [0.1, 0.15) is 50.3 Å². The second kappa shape index (κ2) is 12.7. The van der Waals surface area contributed by atoms with Crippen molar-refractivity contribution in [2.45, 2.75) is 47.1 Å². The molecule has 0 unspecified atom stereocenters. The van der Waals surface area contributed by atoms with Crippen LogP contribution in [0.2, 0.25) is 0 Å². The minimum absolute atomic E-state index is 0.0603. The molecule has 2 aromatic carbocycles. The number of hydrogen-bond donors (Lipinski definition) is 0. The van der Waals surface area contributed by atoms with E-state index >= 15 is 0 Å². The molecule has 0 amide bonds. The van der Waals surface area contributed by atoms with Crippen molar-refractivity contribution < 1.29 is 33.4 Å². The Kier molecular flexibility index (Phi) is 9.98. The summed E-state index contributed by atoms with van der Waals surface area (Å²) >= 11 is 0. The summed E-state index contributed by atoms with van der Waals surface area (Å²) < 4.78 is 16.2. The first-order valence-electron chi connectivity index (χ1n) is 11.3. The Morgan fingerprint density at radius 1 is 0.794 bits per heavy atom. The summed E-state index contributed by atoms with van der Waals surface area (Å²) in [7, 11) is 0. The van der Waals surface area contributed by atoms with Gasteiger partial charge in [-0.05, 0) is 57.4 Å². The average molecular weight is 469 g/mol. The van der Waals surface area contributed by atoms with Crippen LogP contribution >= 0.6 is 0 Å². The van der Waals surface area contributed by atoms with E-state index in [1.54, 1.807) is 32.0 Å². The first kappa shape index (κ1) is 26.8. The molecule has 0 aliphatic heterocycles. The Morgan fingerprint density at radius 2 is 1.32 bits per heavy atom. The fourth-order valence-corrected chi connectivity index (χ4v) is 3.95. The van der Waals surface area contributed by atoms with Gasteiger partial charge in [-0.15, -0.1) is 0 Å². The number of carbonyl (C=O) groups is 4. The van der Waals surface area contributed by atoms with Crippen LogP contribution in [0.4, 0.5) is 0 Å². The van der Waals surface area contributed by atoms with Gasteiger partial charge in [0.25, 0.3) is 0 Å². The van der Waals surface area contributed by atoms with Gasteiger partial charge in [-0.2, -0.15) is 0 Å². The van der Waals surface area contributed by atoms with Crippen molar-refractivity contribution in [3.8, 4) is 5.75 Å². The fourth-order valence-electron chi connectivity index (χ4n) is 3.95. The summed E-state index contributed by atoms with van der Waals surface area (Å²) in [5.41, 5.74) is 2.21. The molecule has 0 saturated heterocycles. The van der Waals surface area contributed by atoms with Gasteiger partial charge in [0, 0.05) is 5.92 Å². The van der Waals surface area contributed by atoms with Gasteiger partial charge >= 0.3 is 11.9 Å². The molecule has 0 radical (unpaired) electrons. The summed E-state index contributed by atoms with van der Waals surface area (Å²) in [5.74, 6) is -5.70. The fraction of sp³-hybridized carbons (Fsp3) is 0.407. The van der Waals surface area contributed by atoms with Crippen molar-refractivity contribution in [2.24, 2.45) is 11.8 Å². The van der Waals surface area contributed by atoms with Crippen LogP contribution in [-0.2, 0) is 35.3 Å². The summed E-state index contributed by atoms with van der Waals surface area (Å²) in [6.07, 6.45) is 0. The largest absolute Gasteiger partial charge is 0.489 e. The quantitative estimate of drug-likeness (QED) is 0.340. The molecule has 0 aromatic heterocycles. The monoisotopic (exact) mass is 468 g/mol. The van der Waals surface area contributed by atoms with Gasteiger partial charge < -0.3 is 14.2 Å². The predicted molar refractivity (Wildman–Crippen MR) is 126 cm³/mol. The van der Waals surface area contributed by atoms with E-state index in [2.05, 4.69) is 0 Å². The average Bonchev–Trinajstić information content (AvgIpc) is 2.78. The topological polar surface area (TPSA) is 96.0 Å². The molecule has 2 aromatic rings. The minimum Gasteiger partial charge on any atom is -0.489 e. The van der Waals surface area contributed by atoms with E-state index in [4.69, 9.17) is 14.2 Å². The standard InChI is InChI=1S/C27H32O7/c1-6-32-26(30)23(18(4)28)25(24(19(5)29)27(31)33-7-2)21-13-14-22(17(3)15-21)34-16-20-11-9-8-10-12-20/h8-15,23-25H,6-7,16H2,1-5H3/t23-,24-/m0/s1. The van der Waals surface area contributed by atoms with E-state index in [-0.39, 0.29) is 13.2 Å². The van der Waals surface area contributed by atoms with Crippen molar-refractivity contribution in [2.75, 3.05) is 13.2 Å². The van der Waals surface area contributed by atoms with E-state index in [9.17, 15) is 19.2 Å². The Labute approximate surface area is 200 Å². The number of carbonyl (C=O) groups excluding carboxylic acids is 4. The van der Waals surface area contributed by atoms with E-state index in [1.165, 1.54) is 13.8 Å². The van der Waals surface area contributed by atoms with Gasteiger partial charge in [0.1, 0.15) is 35.8 Å². The predicted octanol–water partition coefficient (Wildman–Crippen LogP) is 4.19. The SMILES string of the molecule is CCOC(=O)[C@@H](C(C)=O)C(c1ccc(OCc2ccccc2)c(C)c1)[C@H](C(C)=O)C(=O)OCC. The first-order valence-corrected chi connectivity index (χ1v) is 11.3. The lowest BCUT2D eigenvalue weighted by Crippen LogP contribution is -2.40. The highest BCUT2D eigenvalue weighted by Crippen LogP contribution is 2.37. The van der Waals surface area contributed by atoms with Gasteiger partial charge in [-0.1, -0.05) is 42.5 Å².